The third-order valence-electron chi connectivity index (χ3n) is 4.53. The third kappa shape index (κ3) is 5.10. The summed E-state index contributed by atoms with van der Waals surface area (Å²) >= 11 is 0. The molecule has 1 aliphatic rings. The Balaban J connectivity index is 1.93. The van der Waals surface area contributed by atoms with Crippen molar-refractivity contribution in [3.8, 4) is 5.75 Å². The van der Waals surface area contributed by atoms with Crippen LogP contribution in [0, 0.1) is 6.92 Å². The van der Waals surface area contributed by atoms with Crippen LogP contribution in [0.2, 0.25) is 0 Å². The van der Waals surface area contributed by atoms with E-state index < -0.39 is 15.9 Å². The Labute approximate surface area is 171 Å². The van der Waals surface area contributed by atoms with Crippen LogP contribution < -0.4 is 10.1 Å². The minimum Gasteiger partial charge on any atom is -0.489 e. The summed E-state index contributed by atoms with van der Waals surface area (Å²) in [4.78, 5) is 20.9. The van der Waals surface area contributed by atoms with Gasteiger partial charge in [0.05, 0.1) is 28.6 Å². The number of hydrogen-bond donors (Lipinski definition) is 1. The number of ether oxygens (including phenoxy) is 1. The highest BCUT2D eigenvalue weighted by atomic mass is 32.2. The molecule has 1 fully saturated rings. The summed E-state index contributed by atoms with van der Waals surface area (Å²) in [7, 11) is -3.64. The normalized spacial score (nSPS) is 15.3. The van der Waals surface area contributed by atoms with Crippen LogP contribution in [0.15, 0.2) is 35.5 Å². The fraction of sp³-hybridized carbons (Fsp3) is 0.450. The van der Waals surface area contributed by atoms with Gasteiger partial charge in [0.25, 0.3) is 5.91 Å². The molecule has 0 saturated carbocycles. The summed E-state index contributed by atoms with van der Waals surface area (Å²) in [5.74, 6) is -0.0929. The summed E-state index contributed by atoms with van der Waals surface area (Å²) < 4.78 is 33.3. The Kier molecular flexibility index (Phi) is 6.49. The Hall–Kier alpha value is -2.52. The maximum Gasteiger partial charge on any atom is 0.275 e. The van der Waals surface area contributed by atoms with E-state index in [0.717, 1.165) is 19.3 Å². The van der Waals surface area contributed by atoms with E-state index in [-0.39, 0.29) is 22.4 Å². The van der Waals surface area contributed by atoms with Crippen molar-refractivity contribution >= 4 is 21.6 Å². The molecule has 1 saturated heterocycles. The number of sulfonamides is 1. The fourth-order valence-electron chi connectivity index (χ4n) is 3.07. The zero-order valence-corrected chi connectivity index (χ0v) is 17.7. The largest absolute Gasteiger partial charge is 0.489 e. The molecule has 2 heterocycles. The predicted octanol–water partition coefficient (Wildman–Crippen LogP) is 3.00. The summed E-state index contributed by atoms with van der Waals surface area (Å²) in [5.41, 5.74) is 1.11. The van der Waals surface area contributed by atoms with Gasteiger partial charge < -0.3 is 10.1 Å². The van der Waals surface area contributed by atoms with Crippen molar-refractivity contribution in [2.75, 3.05) is 18.4 Å². The number of hydrogen-bond acceptors (Lipinski definition) is 6. The van der Waals surface area contributed by atoms with Crippen LogP contribution in [0.4, 0.5) is 5.69 Å². The summed E-state index contributed by atoms with van der Waals surface area (Å²) in [6.45, 7) is 6.50. The lowest BCUT2D eigenvalue weighted by Crippen LogP contribution is -2.35. The van der Waals surface area contributed by atoms with Gasteiger partial charge in [0.2, 0.25) is 10.0 Å². The van der Waals surface area contributed by atoms with Crippen LogP contribution in [0.5, 0.6) is 5.75 Å². The topological polar surface area (TPSA) is 101 Å². The van der Waals surface area contributed by atoms with E-state index >= 15 is 0 Å². The average molecular weight is 419 g/mol. The number of nitrogens with zero attached hydrogens (tertiary/aromatic N) is 3. The number of anilines is 1. The van der Waals surface area contributed by atoms with Gasteiger partial charge in [-0.15, -0.1) is 0 Å². The van der Waals surface area contributed by atoms with Crippen molar-refractivity contribution < 1.29 is 17.9 Å². The first-order chi connectivity index (χ1) is 13.8. The second kappa shape index (κ2) is 8.87. The van der Waals surface area contributed by atoms with E-state index in [0.29, 0.717) is 24.5 Å². The number of carbonyl (C=O) groups excluding carboxylic acids is 1. The molecule has 29 heavy (non-hydrogen) atoms. The summed E-state index contributed by atoms with van der Waals surface area (Å²) in [5, 5.41) is 2.72. The molecule has 0 atom stereocenters. The molecule has 1 aliphatic heterocycles. The van der Waals surface area contributed by atoms with Gasteiger partial charge in [0.1, 0.15) is 11.4 Å². The van der Waals surface area contributed by atoms with Gasteiger partial charge in [-0.05, 0) is 51.8 Å². The maximum absolute atomic E-state index is 13.0. The Morgan fingerprint density at radius 2 is 1.86 bits per heavy atom. The molecule has 0 bridgehead atoms. The van der Waals surface area contributed by atoms with Gasteiger partial charge in [0, 0.05) is 19.3 Å². The first kappa shape index (κ1) is 21.2. The van der Waals surface area contributed by atoms with Crippen LogP contribution in [0.25, 0.3) is 0 Å². The number of benzene rings is 1. The van der Waals surface area contributed by atoms with Crippen molar-refractivity contribution in [2.24, 2.45) is 0 Å². The molecule has 1 aromatic heterocycles. The third-order valence-corrected chi connectivity index (χ3v) is 6.42. The highest BCUT2D eigenvalue weighted by molar-refractivity contribution is 7.89. The molecule has 9 heteroatoms. The lowest BCUT2D eigenvalue weighted by Gasteiger charge is -2.26. The number of carbonyl (C=O) groups is 1. The Morgan fingerprint density at radius 3 is 2.48 bits per heavy atom. The molecule has 0 spiro atoms. The molecule has 0 aliphatic carbocycles. The van der Waals surface area contributed by atoms with Gasteiger partial charge in [-0.2, -0.15) is 4.31 Å². The minimum absolute atomic E-state index is 0.126. The van der Waals surface area contributed by atoms with Gasteiger partial charge in [-0.25, -0.2) is 13.4 Å². The van der Waals surface area contributed by atoms with Crippen LogP contribution in [-0.2, 0) is 10.0 Å². The zero-order valence-electron chi connectivity index (χ0n) is 16.9. The standard InChI is InChI=1S/C20H26N4O4S/c1-14(2)28-19-8-7-16(29(26,27)24-9-5-4-6-10-24)11-17(19)23-20(25)18-13-21-15(3)12-22-18/h7-8,11-14H,4-6,9-10H2,1-3H3,(H,23,25). The van der Waals surface area contributed by atoms with E-state index in [2.05, 4.69) is 15.3 Å². The second-order valence-electron chi connectivity index (χ2n) is 7.29. The SMILES string of the molecule is Cc1cnc(C(=O)Nc2cc(S(=O)(=O)N3CCCCC3)ccc2OC(C)C)cn1. The van der Waals surface area contributed by atoms with Crippen LogP contribution in [0.3, 0.4) is 0 Å². The van der Waals surface area contributed by atoms with Crippen molar-refractivity contribution in [3.63, 3.8) is 0 Å². The molecular formula is C20H26N4O4S. The van der Waals surface area contributed by atoms with Gasteiger partial charge in [-0.3, -0.25) is 9.78 Å². The zero-order chi connectivity index (χ0) is 21.0. The first-order valence-corrected chi connectivity index (χ1v) is 11.1. The van der Waals surface area contributed by atoms with Gasteiger partial charge in [-0.1, -0.05) is 6.42 Å². The number of nitrogens with one attached hydrogen (secondary N) is 1. The molecule has 156 valence electrons. The number of aryl methyl sites for hydroxylation is 1. The number of aromatic nitrogens is 2. The van der Waals surface area contributed by atoms with Crippen molar-refractivity contribution in [2.45, 2.75) is 51.0 Å². The molecule has 0 unspecified atom stereocenters. The first-order valence-electron chi connectivity index (χ1n) is 9.68. The van der Waals surface area contributed by atoms with E-state index in [4.69, 9.17) is 4.74 Å². The molecule has 3 rings (SSSR count). The van der Waals surface area contributed by atoms with Crippen LogP contribution in [-0.4, -0.2) is 47.8 Å². The maximum atomic E-state index is 13.0. The quantitative estimate of drug-likeness (QED) is 0.774. The van der Waals surface area contributed by atoms with E-state index in [1.54, 1.807) is 13.0 Å². The monoisotopic (exact) mass is 418 g/mol. The van der Waals surface area contributed by atoms with Crippen molar-refractivity contribution in [1.82, 2.24) is 14.3 Å². The highest BCUT2D eigenvalue weighted by Gasteiger charge is 2.27. The minimum atomic E-state index is -3.64. The summed E-state index contributed by atoms with van der Waals surface area (Å²) in [6.07, 6.45) is 5.47. The molecule has 0 radical (unpaired) electrons. The molecule has 1 aromatic carbocycles. The smallest absolute Gasteiger partial charge is 0.275 e. The fourth-order valence-corrected chi connectivity index (χ4v) is 4.62. The van der Waals surface area contributed by atoms with Gasteiger partial charge >= 0.3 is 0 Å². The van der Waals surface area contributed by atoms with E-state index in [1.807, 2.05) is 13.8 Å². The molecule has 1 N–H and O–H groups in total. The lowest BCUT2D eigenvalue weighted by molar-refractivity contribution is 0.102. The van der Waals surface area contributed by atoms with E-state index in [9.17, 15) is 13.2 Å². The van der Waals surface area contributed by atoms with Gasteiger partial charge in [0.15, 0.2) is 0 Å². The summed E-state index contributed by atoms with van der Waals surface area (Å²) in [6, 6.07) is 4.54. The van der Waals surface area contributed by atoms with Crippen LogP contribution >= 0.6 is 0 Å². The Morgan fingerprint density at radius 1 is 1.14 bits per heavy atom. The van der Waals surface area contributed by atoms with Crippen molar-refractivity contribution in [1.29, 1.82) is 0 Å². The molecule has 8 nitrogen and oxygen atoms in total. The second-order valence-corrected chi connectivity index (χ2v) is 9.22. The van der Waals surface area contributed by atoms with E-state index in [1.165, 1.54) is 28.8 Å². The van der Waals surface area contributed by atoms with Crippen LogP contribution in [0.1, 0.15) is 49.3 Å². The number of amides is 1. The number of rotatable bonds is 6. The molecule has 1 amide bonds. The number of piperidine rings is 1. The predicted molar refractivity (Wildman–Crippen MR) is 110 cm³/mol. The van der Waals surface area contributed by atoms with Crippen molar-refractivity contribution in [3.05, 3.63) is 42.0 Å². The highest BCUT2D eigenvalue weighted by Crippen LogP contribution is 2.31. The lowest BCUT2D eigenvalue weighted by atomic mass is 10.2. The molecular weight excluding hydrogens is 392 g/mol. The average Bonchev–Trinajstić information content (AvgIpc) is 2.70. The Bertz CT molecular complexity index is 968. The molecule has 2 aromatic rings.